The van der Waals surface area contributed by atoms with Gasteiger partial charge in [-0.1, -0.05) is 0 Å². The number of aromatic nitrogens is 1. The molecule has 2 rings (SSSR count). The molecule has 0 amide bonds. The van der Waals surface area contributed by atoms with Crippen LogP contribution in [0.2, 0.25) is 0 Å². The van der Waals surface area contributed by atoms with Crippen molar-refractivity contribution in [3.8, 4) is 11.5 Å². The molecule has 148 valence electrons. The predicted molar refractivity (Wildman–Crippen MR) is 114 cm³/mol. The Morgan fingerprint density at radius 2 is 1.96 bits per heavy atom. The van der Waals surface area contributed by atoms with Crippen molar-refractivity contribution in [3.63, 3.8) is 0 Å². The number of methoxy groups -OCH3 is 2. The van der Waals surface area contributed by atoms with Crippen LogP contribution in [0.4, 0.5) is 5.69 Å². The Hall–Kier alpha value is -2.12. The molecule has 0 unspecified atom stereocenters. The van der Waals surface area contributed by atoms with E-state index in [0.717, 1.165) is 0 Å². The summed E-state index contributed by atoms with van der Waals surface area (Å²) in [6, 6.07) is 8.22. The van der Waals surface area contributed by atoms with Crippen molar-refractivity contribution < 1.29 is 17.9 Å². The summed E-state index contributed by atoms with van der Waals surface area (Å²) < 4.78 is 36.9. The number of nitrogens with two attached hydrogens (primary N) is 1. The topological polar surface area (TPSA) is 128 Å². The number of ether oxygens (including phenoxy) is 2. The molecule has 0 spiro atoms. The Morgan fingerprint density at radius 3 is 2.59 bits per heavy atom. The highest BCUT2D eigenvalue weighted by Crippen LogP contribution is 2.29. The molecule has 0 fully saturated rings. The first kappa shape index (κ1) is 22.9. The molecule has 1 heterocycles. The number of hydrogen-bond acceptors (Lipinski definition) is 6. The van der Waals surface area contributed by atoms with Crippen molar-refractivity contribution in [2.24, 2.45) is 10.7 Å². The summed E-state index contributed by atoms with van der Waals surface area (Å²) >= 11 is 0. The van der Waals surface area contributed by atoms with Crippen molar-refractivity contribution in [2.75, 3.05) is 32.6 Å². The molecular formula is C16H22IN5O4S. The van der Waals surface area contributed by atoms with E-state index in [1.807, 2.05) is 0 Å². The molecule has 9 nitrogen and oxygen atoms in total. The highest BCUT2D eigenvalue weighted by atomic mass is 127. The summed E-state index contributed by atoms with van der Waals surface area (Å²) in [5.74, 6) is 1.30. The molecule has 2 aromatic rings. The molecular weight excluding hydrogens is 485 g/mol. The van der Waals surface area contributed by atoms with E-state index in [1.54, 1.807) is 31.4 Å². The van der Waals surface area contributed by atoms with Gasteiger partial charge in [-0.3, -0.25) is 9.98 Å². The molecule has 0 atom stereocenters. The summed E-state index contributed by atoms with van der Waals surface area (Å²) in [4.78, 5) is 7.97. The van der Waals surface area contributed by atoms with Crippen LogP contribution in [-0.2, 0) is 10.0 Å². The van der Waals surface area contributed by atoms with Crippen LogP contribution in [0.3, 0.4) is 0 Å². The lowest BCUT2D eigenvalue weighted by molar-refractivity contribution is 0.355. The molecule has 0 saturated carbocycles. The standard InChI is InChI=1S/C16H21N5O4S.HI/c1-24-14-6-5-12(10-15(14)25-2)21-16(17)19-8-9-20-26(22,23)13-4-3-7-18-11-13;/h3-7,10-11,20H,8-9H2,1-2H3,(H3,17,19,21);1H. The molecule has 27 heavy (non-hydrogen) atoms. The van der Waals surface area contributed by atoms with Gasteiger partial charge < -0.3 is 20.5 Å². The molecule has 0 bridgehead atoms. The zero-order valence-corrected chi connectivity index (χ0v) is 18.0. The number of nitrogens with one attached hydrogen (secondary N) is 2. The highest BCUT2D eigenvalue weighted by Gasteiger charge is 2.12. The van der Waals surface area contributed by atoms with Crippen molar-refractivity contribution in [1.82, 2.24) is 9.71 Å². The summed E-state index contributed by atoms with van der Waals surface area (Å²) in [6.07, 6.45) is 2.78. The number of rotatable bonds is 8. The average molecular weight is 507 g/mol. The smallest absolute Gasteiger partial charge is 0.242 e. The zero-order valence-electron chi connectivity index (χ0n) is 14.9. The van der Waals surface area contributed by atoms with E-state index in [-0.39, 0.29) is 47.9 Å². The number of pyridine rings is 1. The SMILES string of the molecule is COc1ccc(NC(N)=NCCNS(=O)(=O)c2cccnc2)cc1OC.I. The fourth-order valence-corrected chi connectivity index (χ4v) is 3.03. The van der Waals surface area contributed by atoms with Gasteiger partial charge in [0.2, 0.25) is 10.0 Å². The van der Waals surface area contributed by atoms with Gasteiger partial charge in [-0.25, -0.2) is 13.1 Å². The lowest BCUT2D eigenvalue weighted by atomic mass is 10.3. The lowest BCUT2D eigenvalue weighted by Gasteiger charge is -2.11. The largest absolute Gasteiger partial charge is 0.493 e. The maximum absolute atomic E-state index is 12.0. The quantitative estimate of drug-likeness (QED) is 0.214. The fraction of sp³-hybridized carbons (Fsp3) is 0.250. The van der Waals surface area contributed by atoms with Crippen LogP contribution in [-0.4, -0.2) is 46.7 Å². The lowest BCUT2D eigenvalue weighted by Crippen LogP contribution is -2.28. The number of benzene rings is 1. The van der Waals surface area contributed by atoms with Gasteiger partial charge in [0.15, 0.2) is 17.5 Å². The van der Waals surface area contributed by atoms with Crippen LogP contribution in [0.5, 0.6) is 11.5 Å². The number of anilines is 1. The monoisotopic (exact) mass is 507 g/mol. The molecule has 1 aromatic carbocycles. The van der Waals surface area contributed by atoms with Crippen LogP contribution in [0.15, 0.2) is 52.6 Å². The summed E-state index contributed by atoms with van der Waals surface area (Å²) in [5.41, 5.74) is 6.47. The predicted octanol–water partition coefficient (Wildman–Crippen LogP) is 1.42. The molecule has 0 saturated heterocycles. The van der Waals surface area contributed by atoms with Crippen molar-refractivity contribution in [1.29, 1.82) is 0 Å². The highest BCUT2D eigenvalue weighted by molar-refractivity contribution is 14.0. The number of aliphatic imine (C=N–C) groups is 1. The number of nitrogens with zero attached hydrogens (tertiary/aromatic N) is 2. The second kappa shape index (κ2) is 10.9. The molecule has 0 aliphatic carbocycles. The Bertz CT molecular complexity index is 862. The van der Waals surface area contributed by atoms with E-state index < -0.39 is 10.0 Å². The van der Waals surface area contributed by atoms with Gasteiger partial charge in [-0.15, -0.1) is 24.0 Å². The first-order valence-corrected chi connectivity index (χ1v) is 9.13. The van der Waals surface area contributed by atoms with Gasteiger partial charge in [0.25, 0.3) is 0 Å². The van der Waals surface area contributed by atoms with Gasteiger partial charge in [-0.05, 0) is 24.3 Å². The van der Waals surface area contributed by atoms with Gasteiger partial charge in [0.1, 0.15) is 4.90 Å². The second-order valence-electron chi connectivity index (χ2n) is 5.05. The second-order valence-corrected chi connectivity index (χ2v) is 6.82. The van der Waals surface area contributed by atoms with Gasteiger partial charge in [0, 0.05) is 30.7 Å². The summed E-state index contributed by atoms with van der Waals surface area (Å²) in [7, 11) is -0.523. The van der Waals surface area contributed by atoms with Crippen LogP contribution >= 0.6 is 24.0 Å². The van der Waals surface area contributed by atoms with E-state index in [4.69, 9.17) is 15.2 Å². The van der Waals surface area contributed by atoms with Gasteiger partial charge >= 0.3 is 0 Å². The zero-order chi connectivity index (χ0) is 19.0. The van der Waals surface area contributed by atoms with E-state index >= 15 is 0 Å². The van der Waals surface area contributed by atoms with E-state index in [2.05, 4.69) is 20.0 Å². The Balaban J connectivity index is 0.00000364. The first-order valence-electron chi connectivity index (χ1n) is 7.65. The maximum Gasteiger partial charge on any atom is 0.242 e. The fourth-order valence-electron chi connectivity index (χ4n) is 2.05. The normalized spacial score (nSPS) is 11.4. The van der Waals surface area contributed by atoms with E-state index in [1.165, 1.54) is 25.6 Å². The third kappa shape index (κ3) is 6.84. The minimum Gasteiger partial charge on any atom is -0.493 e. The summed E-state index contributed by atoms with van der Waals surface area (Å²) in [6.45, 7) is 0.275. The van der Waals surface area contributed by atoms with Crippen molar-refractivity contribution in [3.05, 3.63) is 42.7 Å². The van der Waals surface area contributed by atoms with Crippen LogP contribution in [0.25, 0.3) is 0 Å². The minimum absolute atomic E-state index is 0. The Morgan fingerprint density at radius 1 is 1.22 bits per heavy atom. The molecule has 4 N–H and O–H groups in total. The van der Waals surface area contributed by atoms with Gasteiger partial charge in [-0.2, -0.15) is 0 Å². The van der Waals surface area contributed by atoms with E-state index in [0.29, 0.717) is 17.2 Å². The number of guanidine groups is 1. The third-order valence-electron chi connectivity index (χ3n) is 3.29. The van der Waals surface area contributed by atoms with Crippen LogP contribution in [0.1, 0.15) is 0 Å². The average Bonchev–Trinajstić information content (AvgIpc) is 2.66. The minimum atomic E-state index is -3.61. The molecule has 0 aliphatic heterocycles. The summed E-state index contributed by atoms with van der Waals surface area (Å²) in [5, 5.41) is 2.90. The van der Waals surface area contributed by atoms with Crippen molar-refractivity contribution >= 4 is 45.6 Å². The Kier molecular flexibility index (Phi) is 9.25. The number of halogens is 1. The van der Waals surface area contributed by atoms with E-state index in [9.17, 15) is 8.42 Å². The number of sulfonamides is 1. The van der Waals surface area contributed by atoms with Crippen LogP contribution in [0, 0.1) is 0 Å². The Labute approximate surface area is 175 Å². The molecule has 0 aliphatic rings. The third-order valence-corrected chi connectivity index (χ3v) is 4.73. The number of hydrogen-bond donors (Lipinski definition) is 3. The molecule has 0 radical (unpaired) electrons. The van der Waals surface area contributed by atoms with Gasteiger partial charge in [0.05, 0.1) is 20.8 Å². The first-order chi connectivity index (χ1) is 12.5. The molecule has 11 heteroatoms. The van der Waals surface area contributed by atoms with Crippen molar-refractivity contribution in [2.45, 2.75) is 4.90 Å². The molecule has 1 aromatic heterocycles. The van der Waals surface area contributed by atoms with Crippen LogP contribution < -0.4 is 25.2 Å². The maximum atomic E-state index is 12.0.